The number of hydrazone groups is 1. The Morgan fingerprint density at radius 3 is 2.43 bits per heavy atom. The summed E-state index contributed by atoms with van der Waals surface area (Å²) in [5, 5.41) is 14.2. The first-order valence-corrected chi connectivity index (χ1v) is 11.5. The van der Waals surface area contributed by atoms with Crippen molar-refractivity contribution >= 4 is 40.8 Å². The topological polar surface area (TPSA) is 126 Å². The van der Waals surface area contributed by atoms with Crippen molar-refractivity contribution in [3.8, 4) is 11.6 Å². The Kier molecular flexibility index (Phi) is 5.96. The number of halogens is 2. The smallest absolute Gasteiger partial charge is 0.347 e. The lowest BCUT2D eigenvalue weighted by Crippen LogP contribution is -2.45. The zero-order valence-corrected chi connectivity index (χ0v) is 19.8. The van der Waals surface area contributed by atoms with Crippen LogP contribution in [0.15, 0.2) is 70.7 Å². The number of aromatic nitrogens is 2. The van der Waals surface area contributed by atoms with Crippen LogP contribution in [0, 0.1) is 0 Å². The van der Waals surface area contributed by atoms with E-state index in [0.717, 1.165) is 17.9 Å². The highest BCUT2D eigenvalue weighted by molar-refractivity contribution is 6.37. The zero-order chi connectivity index (χ0) is 24.7. The average Bonchev–Trinajstić information content (AvgIpc) is 2.80. The van der Waals surface area contributed by atoms with E-state index in [4.69, 9.17) is 33.7 Å². The number of nitrogens with two attached hydrogens (primary N) is 1. The molecule has 11 heteroatoms. The maximum absolute atomic E-state index is 12.4. The number of amidine groups is 1. The molecule has 2 aliphatic rings. The van der Waals surface area contributed by atoms with Gasteiger partial charge >= 0.3 is 6.03 Å². The van der Waals surface area contributed by atoms with Crippen molar-refractivity contribution < 1.29 is 9.53 Å². The van der Waals surface area contributed by atoms with Gasteiger partial charge in [-0.25, -0.2) is 9.89 Å². The fourth-order valence-electron chi connectivity index (χ4n) is 4.13. The summed E-state index contributed by atoms with van der Waals surface area (Å²) in [4.78, 5) is 24.7. The van der Waals surface area contributed by atoms with Gasteiger partial charge in [0.05, 0.1) is 21.4 Å². The lowest BCUT2D eigenvalue weighted by Gasteiger charge is -2.35. The van der Waals surface area contributed by atoms with Gasteiger partial charge in [0.1, 0.15) is 0 Å². The van der Waals surface area contributed by atoms with Gasteiger partial charge in [0, 0.05) is 11.6 Å². The minimum absolute atomic E-state index is 0.0487. The molecule has 9 nitrogen and oxygen atoms in total. The zero-order valence-electron chi connectivity index (χ0n) is 18.3. The quantitative estimate of drug-likeness (QED) is 0.452. The molecule has 2 heterocycles. The SMILES string of the molecule is C=C1NC(=O)N(c2cc(Cl)c(Oc3cc([C@H]4C[C@@H](c5ccccc5)C4)c(=O)[nH]n3)c(Cl)c2)N=C1N. The van der Waals surface area contributed by atoms with E-state index in [2.05, 4.69) is 39.3 Å². The van der Waals surface area contributed by atoms with Crippen LogP contribution >= 0.6 is 23.2 Å². The molecule has 1 saturated carbocycles. The lowest BCUT2D eigenvalue weighted by molar-refractivity contribution is 0.248. The van der Waals surface area contributed by atoms with E-state index in [1.807, 2.05) is 18.2 Å². The molecule has 2 amide bonds. The third kappa shape index (κ3) is 4.48. The van der Waals surface area contributed by atoms with Gasteiger partial charge in [-0.05, 0) is 42.4 Å². The number of hydrogen-bond donors (Lipinski definition) is 3. The number of hydrogen-bond acceptors (Lipinski definition) is 6. The second-order valence-corrected chi connectivity index (χ2v) is 9.13. The summed E-state index contributed by atoms with van der Waals surface area (Å²) in [6.07, 6.45) is 1.72. The van der Waals surface area contributed by atoms with Crippen LogP contribution in [0.2, 0.25) is 10.0 Å². The summed E-state index contributed by atoms with van der Waals surface area (Å²) < 4.78 is 5.83. The van der Waals surface area contributed by atoms with E-state index >= 15 is 0 Å². The van der Waals surface area contributed by atoms with Gasteiger partial charge in [-0.15, -0.1) is 10.2 Å². The molecule has 0 unspecified atom stereocenters. The van der Waals surface area contributed by atoms with Crippen LogP contribution < -0.4 is 26.4 Å². The number of H-pyrrole nitrogens is 1. The summed E-state index contributed by atoms with van der Waals surface area (Å²) in [6, 6.07) is 14.2. The van der Waals surface area contributed by atoms with Crippen LogP contribution in [-0.2, 0) is 0 Å². The minimum atomic E-state index is -0.564. The molecule has 0 spiro atoms. The van der Waals surface area contributed by atoms with Crippen LogP contribution in [0.3, 0.4) is 0 Å². The molecule has 178 valence electrons. The number of anilines is 1. The number of benzene rings is 2. The maximum atomic E-state index is 12.4. The number of carbonyl (C=O) groups is 1. The number of nitrogens with zero attached hydrogens (tertiary/aromatic N) is 3. The van der Waals surface area contributed by atoms with Crippen LogP contribution in [0.5, 0.6) is 11.6 Å². The van der Waals surface area contributed by atoms with Crippen molar-refractivity contribution in [1.29, 1.82) is 0 Å². The summed E-state index contributed by atoms with van der Waals surface area (Å²) in [7, 11) is 0. The van der Waals surface area contributed by atoms with Crippen LogP contribution in [0.4, 0.5) is 10.5 Å². The van der Waals surface area contributed by atoms with Crippen molar-refractivity contribution in [2.24, 2.45) is 10.8 Å². The third-order valence-corrected chi connectivity index (χ3v) is 6.62. The van der Waals surface area contributed by atoms with Crippen molar-refractivity contribution in [3.05, 3.63) is 92.3 Å². The third-order valence-electron chi connectivity index (χ3n) is 6.06. The molecule has 1 aromatic heterocycles. The summed E-state index contributed by atoms with van der Waals surface area (Å²) in [5.74, 6) is 0.826. The highest BCUT2D eigenvalue weighted by atomic mass is 35.5. The molecule has 35 heavy (non-hydrogen) atoms. The number of urea groups is 1. The highest BCUT2D eigenvalue weighted by Crippen LogP contribution is 2.47. The molecule has 1 aliphatic heterocycles. The molecular weight excluding hydrogens is 491 g/mol. The van der Waals surface area contributed by atoms with Crippen LogP contribution in [0.25, 0.3) is 0 Å². The summed E-state index contributed by atoms with van der Waals surface area (Å²) in [5.41, 5.74) is 7.83. The number of amides is 2. The van der Waals surface area contributed by atoms with Gasteiger partial charge in [-0.3, -0.25) is 4.79 Å². The van der Waals surface area contributed by atoms with E-state index in [1.165, 1.54) is 17.7 Å². The highest BCUT2D eigenvalue weighted by Gasteiger charge is 2.33. The predicted octanol–water partition coefficient (Wildman–Crippen LogP) is 4.85. The number of carbonyl (C=O) groups excluding carboxylic acids is 1. The molecule has 4 N–H and O–H groups in total. The molecule has 2 aromatic carbocycles. The van der Waals surface area contributed by atoms with Crippen LogP contribution in [-0.4, -0.2) is 22.1 Å². The molecule has 0 saturated heterocycles. The Balaban J connectivity index is 1.36. The lowest BCUT2D eigenvalue weighted by atomic mass is 9.69. The van der Waals surface area contributed by atoms with Gasteiger partial charge in [0.25, 0.3) is 5.56 Å². The standard InChI is InChI=1S/C24H20Cl2N6O3/c1-12-22(27)31-32(24(34)28-12)16-9-18(25)21(19(26)10-16)35-20-11-17(23(33)30-29-20)15-7-14(8-15)13-5-3-2-4-6-13/h2-6,9-11,14-15H,1,7-8H2,(H2,27,31)(H,28,34)(H,30,33)/t14-,15+. The Hall–Kier alpha value is -3.82. The molecular formula is C24H20Cl2N6O3. The molecule has 1 fully saturated rings. The monoisotopic (exact) mass is 510 g/mol. The van der Waals surface area contributed by atoms with E-state index < -0.39 is 6.03 Å². The Bertz CT molecular complexity index is 1390. The molecule has 0 bridgehead atoms. The average molecular weight is 511 g/mol. The van der Waals surface area contributed by atoms with E-state index in [0.29, 0.717) is 11.5 Å². The molecule has 0 atom stereocenters. The van der Waals surface area contributed by atoms with Gasteiger partial charge in [-0.2, -0.15) is 5.01 Å². The first-order chi connectivity index (χ1) is 16.8. The second-order valence-electron chi connectivity index (χ2n) is 8.31. The molecule has 1 aliphatic carbocycles. The number of aromatic amines is 1. The Labute approximate surface area is 210 Å². The van der Waals surface area contributed by atoms with Gasteiger partial charge in [-0.1, -0.05) is 60.1 Å². The van der Waals surface area contributed by atoms with Gasteiger partial charge in [0.2, 0.25) is 5.88 Å². The largest absolute Gasteiger partial charge is 0.434 e. The number of nitrogens with one attached hydrogen (secondary N) is 2. The second kappa shape index (κ2) is 9.09. The van der Waals surface area contributed by atoms with Crippen molar-refractivity contribution in [2.75, 3.05) is 5.01 Å². The molecule has 5 rings (SSSR count). The molecule has 0 radical (unpaired) electrons. The van der Waals surface area contributed by atoms with E-state index in [1.54, 1.807) is 6.07 Å². The number of rotatable bonds is 5. The Morgan fingerprint density at radius 1 is 1.06 bits per heavy atom. The van der Waals surface area contributed by atoms with E-state index in [9.17, 15) is 9.59 Å². The fraction of sp³-hybridized carbons (Fsp3) is 0.167. The van der Waals surface area contributed by atoms with Crippen LogP contribution in [0.1, 0.15) is 35.8 Å². The van der Waals surface area contributed by atoms with Gasteiger partial charge in [0.15, 0.2) is 11.6 Å². The Morgan fingerprint density at radius 2 is 1.74 bits per heavy atom. The maximum Gasteiger partial charge on any atom is 0.347 e. The summed E-state index contributed by atoms with van der Waals surface area (Å²) >= 11 is 12.8. The first kappa shape index (κ1) is 22.9. The normalized spacial score (nSPS) is 19.6. The fourth-order valence-corrected chi connectivity index (χ4v) is 4.68. The predicted molar refractivity (Wildman–Crippen MR) is 134 cm³/mol. The van der Waals surface area contributed by atoms with Gasteiger partial charge < -0.3 is 15.8 Å². The van der Waals surface area contributed by atoms with E-state index in [-0.39, 0.29) is 50.4 Å². The van der Waals surface area contributed by atoms with Crippen molar-refractivity contribution in [3.63, 3.8) is 0 Å². The van der Waals surface area contributed by atoms with Crippen molar-refractivity contribution in [2.45, 2.75) is 24.7 Å². The first-order valence-electron chi connectivity index (χ1n) is 10.8. The summed E-state index contributed by atoms with van der Waals surface area (Å²) in [6.45, 7) is 3.61. The van der Waals surface area contributed by atoms with Crippen molar-refractivity contribution in [1.82, 2.24) is 15.5 Å². The number of ether oxygens (including phenoxy) is 1. The molecule has 3 aromatic rings. The minimum Gasteiger partial charge on any atom is -0.434 e.